The molecule has 1 saturated heterocycles. The number of rotatable bonds is 6. The first-order valence-corrected chi connectivity index (χ1v) is 9.83. The lowest BCUT2D eigenvalue weighted by atomic mass is 10.0. The summed E-state index contributed by atoms with van der Waals surface area (Å²) >= 11 is 3.52. The minimum Gasteiger partial charge on any atom is -0.480 e. The monoisotopic (exact) mass is 440 g/mol. The number of hydrogen-bond acceptors (Lipinski definition) is 5. The lowest BCUT2D eigenvalue weighted by molar-refractivity contribution is 0.0935. The molecule has 1 aliphatic heterocycles. The molecule has 1 aromatic heterocycles. The number of pyridine rings is 1. The molecule has 0 radical (unpaired) electrons. The smallest absolute Gasteiger partial charge is 0.405 e. The molecule has 0 bridgehead atoms. The SMILES string of the molecule is COc1ncc(C(=O)NC(C)C2CC2)c(N2CC[C@](C)(NC(=O)O)C2)c1Br. The number of carbonyl (C=O) groups excluding carboxylic acids is 1. The van der Waals surface area contributed by atoms with E-state index in [2.05, 4.69) is 31.5 Å². The van der Waals surface area contributed by atoms with Gasteiger partial charge in [0, 0.05) is 25.3 Å². The Kier molecular flexibility index (Phi) is 5.50. The van der Waals surface area contributed by atoms with Gasteiger partial charge in [0.25, 0.3) is 5.91 Å². The Hall–Kier alpha value is -2.03. The molecule has 3 rings (SSSR count). The predicted molar refractivity (Wildman–Crippen MR) is 105 cm³/mol. The first-order chi connectivity index (χ1) is 12.7. The summed E-state index contributed by atoms with van der Waals surface area (Å²) in [7, 11) is 1.52. The first kappa shape index (κ1) is 19.7. The van der Waals surface area contributed by atoms with Crippen LogP contribution in [-0.2, 0) is 0 Å². The highest BCUT2D eigenvalue weighted by Gasteiger charge is 2.38. The zero-order chi connectivity index (χ0) is 19.8. The Morgan fingerprint density at radius 1 is 1.48 bits per heavy atom. The molecule has 27 heavy (non-hydrogen) atoms. The summed E-state index contributed by atoms with van der Waals surface area (Å²) in [4.78, 5) is 30.2. The van der Waals surface area contributed by atoms with Crippen LogP contribution in [0.1, 0.15) is 43.5 Å². The molecule has 1 aliphatic carbocycles. The summed E-state index contributed by atoms with van der Waals surface area (Å²) in [5, 5.41) is 14.7. The molecule has 0 aromatic carbocycles. The van der Waals surface area contributed by atoms with Crippen LogP contribution in [0.4, 0.5) is 10.5 Å². The molecule has 1 unspecified atom stereocenters. The van der Waals surface area contributed by atoms with Crippen molar-refractivity contribution in [3.8, 4) is 5.88 Å². The summed E-state index contributed by atoms with van der Waals surface area (Å²) in [5.41, 5.74) is 0.546. The van der Waals surface area contributed by atoms with E-state index in [1.807, 2.05) is 18.7 Å². The third-order valence-electron chi connectivity index (χ3n) is 5.29. The van der Waals surface area contributed by atoms with Crippen molar-refractivity contribution in [3.05, 3.63) is 16.2 Å². The van der Waals surface area contributed by atoms with Gasteiger partial charge in [0.2, 0.25) is 5.88 Å². The minimum absolute atomic E-state index is 0.115. The van der Waals surface area contributed by atoms with Crippen molar-refractivity contribution in [2.75, 3.05) is 25.1 Å². The molecule has 148 valence electrons. The van der Waals surface area contributed by atoms with Gasteiger partial charge in [0.15, 0.2) is 0 Å². The lowest BCUT2D eigenvalue weighted by Crippen LogP contribution is -2.47. The van der Waals surface area contributed by atoms with Gasteiger partial charge in [0.05, 0.1) is 23.9 Å². The number of amides is 2. The topological polar surface area (TPSA) is 104 Å². The first-order valence-electron chi connectivity index (χ1n) is 9.03. The van der Waals surface area contributed by atoms with Gasteiger partial charge in [-0.1, -0.05) is 0 Å². The summed E-state index contributed by atoms with van der Waals surface area (Å²) in [6.45, 7) is 4.94. The second-order valence-corrected chi connectivity index (χ2v) is 8.40. The molecular formula is C18H25BrN4O4. The molecule has 8 nitrogen and oxygen atoms in total. The largest absolute Gasteiger partial charge is 0.480 e. The fourth-order valence-electron chi connectivity index (χ4n) is 3.59. The maximum atomic E-state index is 12.9. The molecule has 2 aliphatic rings. The van der Waals surface area contributed by atoms with E-state index < -0.39 is 11.6 Å². The molecule has 2 heterocycles. The van der Waals surface area contributed by atoms with E-state index >= 15 is 0 Å². The van der Waals surface area contributed by atoms with Crippen LogP contribution in [0, 0.1) is 5.92 Å². The normalized spacial score (nSPS) is 23.0. The van der Waals surface area contributed by atoms with Gasteiger partial charge in [-0.05, 0) is 55.0 Å². The summed E-state index contributed by atoms with van der Waals surface area (Å²) in [5.74, 6) is 0.749. The van der Waals surface area contributed by atoms with Crippen LogP contribution in [0.3, 0.4) is 0 Å². The van der Waals surface area contributed by atoms with Crippen LogP contribution in [-0.4, -0.2) is 53.9 Å². The number of nitrogens with zero attached hydrogens (tertiary/aromatic N) is 2. The summed E-state index contributed by atoms with van der Waals surface area (Å²) in [6, 6.07) is 0.115. The fraction of sp³-hybridized carbons (Fsp3) is 0.611. The Balaban J connectivity index is 1.90. The maximum Gasteiger partial charge on any atom is 0.405 e. The third-order valence-corrected chi connectivity index (χ3v) is 6.00. The number of aromatic nitrogens is 1. The van der Waals surface area contributed by atoms with Crippen LogP contribution in [0.5, 0.6) is 5.88 Å². The van der Waals surface area contributed by atoms with Crippen molar-refractivity contribution < 1.29 is 19.4 Å². The van der Waals surface area contributed by atoms with Gasteiger partial charge in [-0.25, -0.2) is 9.78 Å². The maximum absolute atomic E-state index is 12.9. The van der Waals surface area contributed by atoms with Crippen molar-refractivity contribution in [3.63, 3.8) is 0 Å². The van der Waals surface area contributed by atoms with Crippen LogP contribution in [0.2, 0.25) is 0 Å². The minimum atomic E-state index is -1.05. The van der Waals surface area contributed by atoms with E-state index in [1.165, 1.54) is 13.3 Å². The number of ether oxygens (including phenoxy) is 1. The second kappa shape index (κ2) is 7.53. The van der Waals surface area contributed by atoms with E-state index in [4.69, 9.17) is 9.84 Å². The van der Waals surface area contributed by atoms with E-state index in [0.717, 1.165) is 12.8 Å². The van der Waals surface area contributed by atoms with Crippen LogP contribution in [0.25, 0.3) is 0 Å². The van der Waals surface area contributed by atoms with Crippen LogP contribution >= 0.6 is 15.9 Å². The van der Waals surface area contributed by atoms with Crippen molar-refractivity contribution in [1.29, 1.82) is 0 Å². The van der Waals surface area contributed by atoms with E-state index in [-0.39, 0.29) is 11.9 Å². The zero-order valence-electron chi connectivity index (χ0n) is 15.7. The van der Waals surface area contributed by atoms with E-state index in [1.54, 1.807) is 0 Å². The Morgan fingerprint density at radius 2 is 2.19 bits per heavy atom. The number of halogens is 1. The molecule has 2 fully saturated rings. The standard InChI is InChI=1S/C18H25BrN4O4/c1-10(11-4-5-11)21-15(24)12-8-20-16(27-3)13(19)14(12)23-7-6-18(2,9-23)22-17(25)26/h8,10-11,22H,4-7,9H2,1-3H3,(H,21,24)(H,25,26)/t10?,18-/m0/s1. The Labute approximate surface area is 166 Å². The van der Waals surface area contributed by atoms with Gasteiger partial charge >= 0.3 is 6.09 Å². The van der Waals surface area contributed by atoms with Gasteiger partial charge < -0.3 is 25.4 Å². The molecule has 9 heteroatoms. The number of nitrogens with one attached hydrogen (secondary N) is 2. The Bertz CT molecular complexity index is 755. The zero-order valence-corrected chi connectivity index (χ0v) is 17.3. The molecular weight excluding hydrogens is 416 g/mol. The van der Waals surface area contributed by atoms with Crippen molar-refractivity contribution in [2.45, 2.75) is 44.7 Å². The molecule has 1 saturated carbocycles. The number of carbonyl (C=O) groups is 2. The highest BCUT2D eigenvalue weighted by molar-refractivity contribution is 9.10. The average molecular weight is 441 g/mol. The average Bonchev–Trinajstić information content (AvgIpc) is 3.37. The number of hydrogen-bond donors (Lipinski definition) is 3. The molecule has 1 aromatic rings. The number of methoxy groups -OCH3 is 1. The van der Waals surface area contributed by atoms with Crippen molar-refractivity contribution in [1.82, 2.24) is 15.6 Å². The highest BCUT2D eigenvalue weighted by atomic mass is 79.9. The quantitative estimate of drug-likeness (QED) is 0.627. The highest BCUT2D eigenvalue weighted by Crippen LogP contribution is 2.40. The fourth-order valence-corrected chi connectivity index (χ4v) is 4.32. The third kappa shape index (κ3) is 4.28. The van der Waals surface area contributed by atoms with Gasteiger partial charge in [-0.2, -0.15) is 0 Å². The van der Waals surface area contributed by atoms with Gasteiger partial charge in [-0.3, -0.25) is 4.79 Å². The van der Waals surface area contributed by atoms with Crippen molar-refractivity contribution in [2.24, 2.45) is 5.92 Å². The molecule has 3 N–H and O–H groups in total. The number of anilines is 1. The van der Waals surface area contributed by atoms with E-state index in [9.17, 15) is 9.59 Å². The molecule has 2 atom stereocenters. The van der Waals surface area contributed by atoms with E-state index in [0.29, 0.717) is 47.0 Å². The van der Waals surface area contributed by atoms with Crippen LogP contribution < -0.4 is 20.3 Å². The number of carboxylic acid groups (broad SMARTS) is 1. The Morgan fingerprint density at radius 3 is 2.78 bits per heavy atom. The van der Waals surface area contributed by atoms with Gasteiger partial charge in [0.1, 0.15) is 4.47 Å². The van der Waals surface area contributed by atoms with Gasteiger partial charge in [-0.15, -0.1) is 0 Å². The second-order valence-electron chi connectivity index (χ2n) is 7.61. The van der Waals surface area contributed by atoms with Crippen LogP contribution in [0.15, 0.2) is 10.7 Å². The summed E-state index contributed by atoms with van der Waals surface area (Å²) in [6.07, 6.45) is 3.39. The molecule has 2 amide bonds. The summed E-state index contributed by atoms with van der Waals surface area (Å²) < 4.78 is 5.89. The predicted octanol–water partition coefficient (Wildman–Crippen LogP) is 2.62. The lowest BCUT2D eigenvalue weighted by Gasteiger charge is -2.27. The molecule has 0 spiro atoms. The van der Waals surface area contributed by atoms with Crippen molar-refractivity contribution >= 4 is 33.6 Å².